The van der Waals surface area contributed by atoms with Gasteiger partial charge in [0.15, 0.2) is 3.95 Å². The third-order valence-corrected chi connectivity index (χ3v) is 4.76. The number of carbonyl (C=O) groups is 1. The fraction of sp³-hybridized carbons (Fsp3) is 0.636. The molecule has 1 fully saturated rings. The van der Waals surface area contributed by atoms with Crippen molar-refractivity contribution in [1.82, 2.24) is 4.57 Å². The molecule has 2 N–H and O–H groups in total. The van der Waals surface area contributed by atoms with E-state index >= 15 is 0 Å². The van der Waals surface area contributed by atoms with E-state index in [-0.39, 0.29) is 12.4 Å². The Kier molecular flexibility index (Phi) is 3.83. The third kappa shape index (κ3) is 2.69. The van der Waals surface area contributed by atoms with Crippen LogP contribution in [0.3, 0.4) is 0 Å². The SMILES string of the molecule is O=C(O)Cn1c(O)c(C2CCCCC2)sc1=S. The van der Waals surface area contributed by atoms with E-state index in [1.54, 1.807) is 0 Å². The van der Waals surface area contributed by atoms with Crippen LogP contribution in [0, 0.1) is 3.95 Å². The van der Waals surface area contributed by atoms with Crippen molar-refractivity contribution in [2.45, 2.75) is 44.6 Å². The van der Waals surface area contributed by atoms with Crippen LogP contribution in [-0.4, -0.2) is 20.7 Å². The number of carboxylic acids is 1. The molecule has 0 aromatic carbocycles. The Bertz CT molecular complexity index is 472. The Labute approximate surface area is 109 Å². The minimum atomic E-state index is -0.982. The van der Waals surface area contributed by atoms with Gasteiger partial charge in [0, 0.05) is 0 Å². The maximum absolute atomic E-state index is 10.7. The van der Waals surface area contributed by atoms with Gasteiger partial charge in [-0.1, -0.05) is 19.3 Å². The van der Waals surface area contributed by atoms with E-state index in [4.69, 9.17) is 17.3 Å². The molecule has 0 aliphatic heterocycles. The summed E-state index contributed by atoms with van der Waals surface area (Å²) < 4.78 is 1.76. The number of thiazole rings is 1. The van der Waals surface area contributed by atoms with Gasteiger partial charge in [0.2, 0.25) is 5.88 Å². The summed E-state index contributed by atoms with van der Waals surface area (Å²) in [7, 11) is 0. The van der Waals surface area contributed by atoms with Crippen molar-refractivity contribution >= 4 is 29.5 Å². The molecule has 1 aliphatic rings. The Morgan fingerprint density at radius 1 is 1.41 bits per heavy atom. The number of nitrogens with zero attached hydrogens (tertiary/aromatic N) is 1. The van der Waals surface area contributed by atoms with Gasteiger partial charge in [0.05, 0.1) is 4.88 Å². The van der Waals surface area contributed by atoms with Crippen molar-refractivity contribution < 1.29 is 15.0 Å². The first-order chi connectivity index (χ1) is 8.09. The van der Waals surface area contributed by atoms with Crippen LogP contribution >= 0.6 is 23.6 Å². The monoisotopic (exact) mass is 273 g/mol. The highest BCUT2D eigenvalue weighted by Crippen LogP contribution is 2.40. The van der Waals surface area contributed by atoms with Crippen LogP contribution in [0.5, 0.6) is 5.88 Å². The van der Waals surface area contributed by atoms with Crippen LogP contribution in [0.2, 0.25) is 0 Å². The van der Waals surface area contributed by atoms with Gasteiger partial charge in [0.1, 0.15) is 6.54 Å². The van der Waals surface area contributed by atoms with E-state index in [1.807, 2.05) is 0 Å². The molecule has 2 rings (SSSR count). The van der Waals surface area contributed by atoms with Gasteiger partial charge < -0.3 is 10.2 Å². The van der Waals surface area contributed by atoms with Crippen molar-refractivity contribution in [2.24, 2.45) is 0 Å². The van der Waals surface area contributed by atoms with Crippen LogP contribution in [0.25, 0.3) is 0 Å². The van der Waals surface area contributed by atoms with E-state index in [0.717, 1.165) is 17.7 Å². The van der Waals surface area contributed by atoms with Crippen LogP contribution in [0.4, 0.5) is 0 Å². The highest BCUT2D eigenvalue weighted by Gasteiger charge is 2.23. The van der Waals surface area contributed by atoms with Crippen molar-refractivity contribution in [3.8, 4) is 5.88 Å². The smallest absolute Gasteiger partial charge is 0.323 e. The molecular formula is C11H15NO3S2. The lowest BCUT2D eigenvalue weighted by Crippen LogP contribution is -2.09. The molecule has 0 spiro atoms. The predicted octanol–water partition coefficient (Wildman–Crippen LogP) is 3.12. The maximum atomic E-state index is 10.7. The standard InChI is InChI=1S/C11H15NO3S2/c13-8(14)6-12-10(15)9(17-11(12)16)7-4-2-1-3-5-7/h7,15H,1-6H2,(H,13,14). The molecular weight excluding hydrogens is 258 g/mol. The summed E-state index contributed by atoms with van der Waals surface area (Å²) in [5.41, 5.74) is 0. The first-order valence-corrected chi connectivity index (χ1v) is 6.96. The molecule has 94 valence electrons. The molecule has 1 aliphatic carbocycles. The average Bonchev–Trinajstić information content (AvgIpc) is 2.58. The van der Waals surface area contributed by atoms with Crippen molar-refractivity contribution in [1.29, 1.82) is 0 Å². The zero-order valence-corrected chi connectivity index (χ0v) is 11.0. The molecule has 0 saturated heterocycles. The Morgan fingerprint density at radius 3 is 2.65 bits per heavy atom. The highest BCUT2D eigenvalue weighted by atomic mass is 32.1. The Hall–Kier alpha value is -0.880. The molecule has 1 saturated carbocycles. The molecule has 4 nitrogen and oxygen atoms in total. The van der Waals surface area contributed by atoms with E-state index in [9.17, 15) is 9.90 Å². The van der Waals surface area contributed by atoms with Gasteiger partial charge in [-0.15, -0.1) is 11.3 Å². The number of aliphatic carboxylic acids is 1. The second kappa shape index (κ2) is 5.18. The fourth-order valence-electron chi connectivity index (χ4n) is 2.32. The molecule has 0 atom stereocenters. The highest BCUT2D eigenvalue weighted by molar-refractivity contribution is 7.73. The van der Waals surface area contributed by atoms with Crippen LogP contribution in [0.15, 0.2) is 0 Å². The van der Waals surface area contributed by atoms with Crippen LogP contribution < -0.4 is 0 Å². The molecule has 0 bridgehead atoms. The topological polar surface area (TPSA) is 62.5 Å². The molecule has 0 radical (unpaired) electrons. The van der Waals surface area contributed by atoms with Gasteiger partial charge in [-0.25, -0.2) is 0 Å². The first-order valence-electron chi connectivity index (χ1n) is 5.74. The number of aromatic hydroxyl groups is 1. The van der Waals surface area contributed by atoms with E-state index in [0.29, 0.717) is 9.87 Å². The lowest BCUT2D eigenvalue weighted by Gasteiger charge is -2.20. The Morgan fingerprint density at radius 2 is 2.06 bits per heavy atom. The van der Waals surface area contributed by atoms with Gasteiger partial charge >= 0.3 is 5.97 Å². The quantitative estimate of drug-likeness (QED) is 0.831. The van der Waals surface area contributed by atoms with Crippen molar-refractivity contribution in [3.05, 3.63) is 8.83 Å². The minimum Gasteiger partial charge on any atom is -0.494 e. The van der Waals surface area contributed by atoms with Gasteiger partial charge in [0.25, 0.3) is 0 Å². The normalized spacial score (nSPS) is 17.2. The summed E-state index contributed by atoms with van der Waals surface area (Å²) in [5, 5.41) is 18.8. The first kappa shape index (κ1) is 12.6. The molecule has 1 aromatic rings. The summed E-state index contributed by atoms with van der Waals surface area (Å²) in [4.78, 5) is 11.6. The third-order valence-electron chi connectivity index (χ3n) is 3.16. The summed E-state index contributed by atoms with van der Waals surface area (Å²) >= 11 is 6.46. The van der Waals surface area contributed by atoms with E-state index in [1.165, 1.54) is 35.2 Å². The summed E-state index contributed by atoms with van der Waals surface area (Å²) in [6.07, 6.45) is 5.73. The van der Waals surface area contributed by atoms with E-state index in [2.05, 4.69) is 0 Å². The number of aromatic nitrogens is 1. The van der Waals surface area contributed by atoms with Crippen molar-refractivity contribution in [2.75, 3.05) is 0 Å². The average molecular weight is 273 g/mol. The summed E-state index contributed by atoms with van der Waals surface area (Å²) in [6.45, 7) is -0.256. The van der Waals surface area contributed by atoms with Gasteiger partial charge in [-0.3, -0.25) is 9.36 Å². The number of carboxylic acid groups (broad SMARTS) is 1. The zero-order valence-electron chi connectivity index (χ0n) is 9.39. The van der Waals surface area contributed by atoms with Crippen LogP contribution in [-0.2, 0) is 11.3 Å². The van der Waals surface area contributed by atoms with Crippen molar-refractivity contribution in [3.63, 3.8) is 0 Å². The maximum Gasteiger partial charge on any atom is 0.323 e. The van der Waals surface area contributed by atoms with Gasteiger partial charge in [-0.05, 0) is 31.0 Å². The predicted molar refractivity (Wildman–Crippen MR) is 68.3 cm³/mol. The second-order valence-electron chi connectivity index (χ2n) is 4.37. The summed E-state index contributed by atoms with van der Waals surface area (Å²) in [5.74, 6) is -0.566. The lowest BCUT2D eigenvalue weighted by atomic mass is 9.88. The Balaban J connectivity index is 2.29. The fourth-order valence-corrected chi connectivity index (χ4v) is 3.79. The molecule has 6 heteroatoms. The minimum absolute atomic E-state index is 0.0642. The second-order valence-corrected chi connectivity index (χ2v) is 6.05. The molecule has 1 heterocycles. The molecule has 0 amide bonds. The largest absolute Gasteiger partial charge is 0.494 e. The summed E-state index contributed by atoms with van der Waals surface area (Å²) in [6, 6.07) is 0. The molecule has 17 heavy (non-hydrogen) atoms. The number of hydrogen-bond acceptors (Lipinski definition) is 4. The molecule has 1 aromatic heterocycles. The number of rotatable bonds is 3. The zero-order chi connectivity index (χ0) is 12.4. The lowest BCUT2D eigenvalue weighted by molar-refractivity contribution is -0.137. The van der Waals surface area contributed by atoms with Gasteiger partial charge in [-0.2, -0.15) is 0 Å². The molecule has 0 unspecified atom stereocenters. The number of hydrogen-bond donors (Lipinski definition) is 2. The van der Waals surface area contributed by atoms with Crippen LogP contribution in [0.1, 0.15) is 42.9 Å². The van der Waals surface area contributed by atoms with E-state index < -0.39 is 5.97 Å².